The van der Waals surface area contributed by atoms with Crippen LogP contribution in [-0.4, -0.2) is 36.1 Å². The number of hydrogen-bond acceptors (Lipinski definition) is 4. The predicted octanol–water partition coefficient (Wildman–Crippen LogP) is 3.63. The van der Waals surface area contributed by atoms with Gasteiger partial charge in [0.2, 0.25) is 5.89 Å². The fourth-order valence-electron chi connectivity index (χ4n) is 2.56. The van der Waals surface area contributed by atoms with Crippen LogP contribution in [0.4, 0.5) is 0 Å². The normalized spacial score (nSPS) is 17.8. The summed E-state index contributed by atoms with van der Waals surface area (Å²) in [7, 11) is 2.01. The quantitative estimate of drug-likeness (QED) is 0.899. The number of rotatable bonds is 4. The number of benzene rings is 1. The third kappa shape index (κ3) is 4.61. The monoisotopic (exact) mass is 363 g/mol. The van der Waals surface area contributed by atoms with E-state index in [1.165, 1.54) is 6.42 Å². The maximum Gasteiger partial charge on any atom is 0.209 e. The molecule has 7 heteroatoms. The SMILES string of the molecule is CNC1CCN(Cc2ncc(-c3cccc(Cl)c3)o2)C1.Cl.Cl. The minimum absolute atomic E-state index is 0. The number of likely N-dealkylation sites (tertiary alicyclic amines) is 1. The first-order valence-electron chi connectivity index (χ1n) is 6.85. The van der Waals surface area contributed by atoms with Gasteiger partial charge in [-0.05, 0) is 25.6 Å². The zero-order valence-corrected chi connectivity index (χ0v) is 14.7. The highest BCUT2D eigenvalue weighted by molar-refractivity contribution is 6.30. The number of nitrogens with zero attached hydrogens (tertiary/aromatic N) is 2. The van der Waals surface area contributed by atoms with Crippen LogP contribution < -0.4 is 5.32 Å². The van der Waals surface area contributed by atoms with Crippen LogP contribution in [0.25, 0.3) is 11.3 Å². The summed E-state index contributed by atoms with van der Waals surface area (Å²) in [5.74, 6) is 1.53. The first kappa shape index (κ1) is 19.3. The summed E-state index contributed by atoms with van der Waals surface area (Å²) in [4.78, 5) is 6.72. The van der Waals surface area contributed by atoms with Gasteiger partial charge >= 0.3 is 0 Å². The standard InChI is InChI=1S/C15H18ClN3O.2ClH/c1-17-13-5-6-19(9-13)10-15-18-8-14(20-15)11-3-2-4-12(16)7-11;;/h2-4,7-8,13,17H,5-6,9-10H2,1H3;2*1H. The smallest absolute Gasteiger partial charge is 0.209 e. The summed E-state index contributed by atoms with van der Waals surface area (Å²) in [5.41, 5.74) is 0.964. The molecule has 4 nitrogen and oxygen atoms in total. The Balaban J connectivity index is 0.00000121. The predicted molar refractivity (Wildman–Crippen MR) is 94.2 cm³/mol. The molecule has 1 aliphatic heterocycles. The van der Waals surface area contributed by atoms with E-state index in [-0.39, 0.29) is 24.8 Å². The fraction of sp³-hybridized carbons (Fsp3) is 0.400. The van der Waals surface area contributed by atoms with Crippen molar-refractivity contribution in [2.45, 2.75) is 19.0 Å². The lowest BCUT2D eigenvalue weighted by Gasteiger charge is -2.13. The second-order valence-electron chi connectivity index (χ2n) is 5.14. The molecule has 1 aromatic carbocycles. The van der Waals surface area contributed by atoms with Gasteiger partial charge in [0.1, 0.15) is 0 Å². The zero-order valence-electron chi connectivity index (χ0n) is 12.3. The van der Waals surface area contributed by atoms with Gasteiger partial charge in [-0.2, -0.15) is 0 Å². The molecule has 1 aliphatic rings. The van der Waals surface area contributed by atoms with Gasteiger partial charge in [-0.3, -0.25) is 4.90 Å². The van der Waals surface area contributed by atoms with Crippen molar-refractivity contribution in [3.63, 3.8) is 0 Å². The molecule has 0 bridgehead atoms. The van der Waals surface area contributed by atoms with Crippen LogP contribution in [0.5, 0.6) is 0 Å². The Morgan fingerprint density at radius 1 is 1.41 bits per heavy atom. The molecule has 1 saturated heterocycles. The van der Waals surface area contributed by atoms with Gasteiger partial charge in [-0.25, -0.2) is 4.98 Å². The number of halogens is 3. The van der Waals surface area contributed by atoms with E-state index in [2.05, 4.69) is 15.2 Å². The van der Waals surface area contributed by atoms with Crippen molar-refractivity contribution in [3.05, 3.63) is 41.4 Å². The third-order valence-corrected chi connectivity index (χ3v) is 3.94. The van der Waals surface area contributed by atoms with Gasteiger partial charge in [0.25, 0.3) is 0 Å². The lowest BCUT2D eigenvalue weighted by molar-refractivity contribution is 0.286. The molecule has 2 aromatic rings. The van der Waals surface area contributed by atoms with Crippen molar-refractivity contribution >= 4 is 36.4 Å². The van der Waals surface area contributed by atoms with E-state index in [0.29, 0.717) is 11.1 Å². The molecule has 122 valence electrons. The Bertz CT molecular complexity index is 591. The Hall–Kier alpha value is -0.780. The zero-order chi connectivity index (χ0) is 13.9. The van der Waals surface area contributed by atoms with Crippen LogP contribution in [0.2, 0.25) is 5.02 Å². The molecule has 1 atom stereocenters. The van der Waals surface area contributed by atoms with E-state index in [9.17, 15) is 0 Å². The van der Waals surface area contributed by atoms with Crippen molar-refractivity contribution in [3.8, 4) is 11.3 Å². The van der Waals surface area contributed by atoms with Crippen molar-refractivity contribution in [2.24, 2.45) is 0 Å². The van der Waals surface area contributed by atoms with Crippen molar-refractivity contribution in [2.75, 3.05) is 20.1 Å². The molecule has 0 spiro atoms. The molecular weight excluding hydrogens is 345 g/mol. The minimum Gasteiger partial charge on any atom is -0.439 e. The molecule has 0 aliphatic carbocycles. The Morgan fingerprint density at radius 3 is 2.91 bits per heavy atom. The van der Waals surface area contributed by atoms with E-state index in [0.717, 1.165) is 36.8 Å². The van der Waals surface area contributed by atoms with Gasteiger partial charge in [-0.15, -0.1) is 24.8 Å². The lowest BCUT2D eigenvalue weighted by Crippen LogP contribution is -2.29. The number of likely N-dealkylation sites (N-methyl/N-ethyl adjacent to an activating group) is 1. The van der Waals surface area contributed by atoms with Crippen LogP contribution >= 0.6 is 36.4 Å². The average Bonchev–Trinajstić information content (AvgIpc) is 3.08. The molecule has 1 aromatic heterocycles. The Labute approximate surface area is 148 Å². The second kappa shape index (κ2) is 8.75. The van der Waals surface area contributed by atoms with E-state index in [4.69, 9.17) is 16.0 Å². The number of nitrogens with one attached hydrogen (secondary N) is 1. The maximum absolute atomic E-state index is 5.99. The summed E-state index contributed by atoms with van der Waals surface area (Å²) in [6, 6.07) is 8.21. The topological polar surface area (TPSA) is 41.3 Å². The fourth-order valence-corrected chi connectivity index (χ4v) is 2.75. The highest BCUT2D eigenvalue weighted by Gasteiger charge is 2.22. The van der Waals surface area contributed by atoms with Gasteiger partial charge < -0.3 is 9.73 Å². The van der Waals surface area contributed by atoms with Gasteiger partial charge in [0, 0.05) is 29.7 Å². The van der Waals surface area contributed by atoms with Crippen LogP contribution in [0.3, 0.4) is 0 Å². The lowest BCUT2D eigenvalue weighted by atomic mass is 10.2. The molecule has 22 heavy (non-hydrogen) atoms. The molecule has 1 unspecified atom stereocenters. The molecular formula is C15H20Cl3N3O. The van der Waals surface area contributed by atoms with Crippen molar-refractivity contribution in [1.82, 2.24) is 15.2 Å². The van der Waals surface area contributed by atoms with Gasteiger partial charge in [0.05, 0.1) is 12.7 Å². The third-order valence-electron chi connectivity index (χ3n) is 3.70. The number of hydrogen-bond donors (Lipinski definition) is 1. The van der Waals surface area contributed by atoms with Crippen molar-refractivity contribution < 1.29 is 4.42 Å². The molecule has 1 N–H and O–H groups in total. The van der Waals surface area contributed by atoms with Crippen molar-refractivity contribution in [1.29, 1.82) is 0 Å². The Kier molecular flexibility index (Phi) is 7.66. The van der Waals surface area contributed by atoms with E-state index in [1.807, 2.05) is 31.3 Å². The highest BCUT2D eigenvalue weighted by Crippen LogP contribution is 2.24. The highest BCUT2D eigenvalue weighted by atomic mass is 35.5. The van der Waals surface area contributed by atoms with E-state index < -0.39 is 0 Å². The van der Waals surface area contributed by atoms with E-state index >= 15 is 0 Å². The molecule has 2 heterocycles. The van der Waals surface area contributed by atoms with E-state index in [1.54, 1.807) is 6.20 Å². The molecule has 0 amide bonds. The largest absolute Gasteiger partial charge is 0.439 e. The molecule has 3 rings (SSSR count). The molecule has 0 radical (unpaired) electrons. The maximum atomic E-state index is 5.99. The number of oxazole rings is 1. The average molecular weight is 365 g/mol. The van der Waals surface area contributed by atoms with Gasteiger partial charge in [-0.1, -0.05) is 23.7 Å². The molecule has 1 fully saturated rings. The minimum atomic E-state index is 0. The summed E-state index contributed by atoms with van der Waals surface area (Å²) >= 11 is 5.99. The van der Waals surface area contributed by atoms with Crippen LogP contribution in [0.15, 0.2) is 34.9 Å². The summed E-state index contributed by atoms with van der Waals surface area (Å²) in [6.45, 7) is 2.89. The molecule has 0 saturated carbocycles. The van der Waals surface area contributed by atoms with Crippen LogP contribution in [0.1, 0.15) is 12.3 Å². The Morgan fingerprint density at radius 2 is 2.23 bits per heavy atom. The summed E-state index contributed by atoms with van der Waals surface area (Å²) in [5, 5.41) is 4.02. The summed E-state index contributed by atoms with van der Waals surface area (Å²) in [6.07, 6.45) is 2.95. The number of aromatic nitrogens is 1. The second-order valence-corrected chi connectivity index (χ2v) is 5.57. The first-order chi connectivity index (χ1) is 9.74. The van der Waals surface area contributed by atoms with Crippen LogP contribution in [-0.2, 0) is 6.54 Å². The van der Waals surface area contributed by atoms with Crippen LogP contribution in [0, 0.1) is 0 Å². The summed E-state index contributed by atoms with van der Waals surface area (Å²) < 4.78 is 5.82. The van der Waals surface area contributed by atoms with Gasteiger partial charge in [0.15, 0.2) is 5.76 Å². The first-order valence-corrected chi connectivity index (χ1v) is 7.22.